The van der Waals surface area contributed by atoms with Crippen molar-refractivity contribution in [1.82, 2.24) is 10.3 Å². The average Bonchev–Trinajstić information content (AvgIpc) is 2.28. The van der Waals surface area contributed by atoms with Gasteiger partial charge in [0.05, 0.1) is 6.20 Å². The molecule has 0 fully saturated rings. The molecule has 94 valence electrons. The molecule has 0 spiro atoms. The number of ether oxygens (including phenoxy) is 2. The molecular formula is C12H18N2O3. The molecule has 0 saturated carbocycles. The molecule has 0 aliphatic heterocycles. The summed E-state index contributed by atoms with van der Waals surface area (Å²) < 4.78 is 10.7. The summed E-state index contributed by atoms with van der Waals surface area (Å²) >= 11 is 0. The van der Waals surface area contributed by atoms with Crippen LogP contribution in [0.5, 0.6) is 11.6 Å². The smallest absolute Gasteiger partial charge is 0.213 e. The van der Waals surface area contributed by atoms with Crippen LogP contribution < -0.4 is 14.8 Å². The van der Waals surface area contributed by atoms with Gasteiger partial charge in [-0.15, -0.1) is 0 Å². The minimum absolute atomic E-state index is 0.0204. The SMILES string of the molecule is CNCC(C)Oc1ccc(OCC(C)=O)cn1. The summed E-state index contributed by atoms with van der Waals surface area (Å²) in [5.74, 6) is 1.09. The quantitative estimate of drug-likeness (QED) is 0.769. The van der Waals surface area contributed by atoms with Gasteiger partial charge in [-0.3, -0.25) is 4.79 Å². The van der Waals surface area contributed by atoms with Crippen molar-refractivity contribution in [3.8, 4) is 11.6 Å². The Morgan fingerprint density at radius 2 is 2.29 bits per heavy atom. The largest absolute Gasteiger partial charge is 0.484 e. The molecule has 0 bridgehead atoms. The maximum absolute atomic E-state index is 10.7. The monoisotopic (exact) mass is 238 g/mol. The van der Waals surface area contributed by atoms with Crippen LogP contribution in [0.1, 0.15) is 13.8 Å². The van der Waals surface area contributed by atoms with Gasteiger partial charge >= 0.3 is 0 Å². The first kappa shape index (κ1) is 13.4. The Bertz CT molecular complexity index is 351. The highest BCUT2D eigenvalue weighted by atomic mass is 16.5. The number of hydrogen-bond donors (Lipinski definition) is 1. The number of rotatable bonds is 7. The van der Waals surface area contributed by atoms with E-state index >= 15 is 0 Å². The lowest BCUT2D eigenvalue weighted by Crippen LogP contribution is -2.26. The minimum Gasteiger partial charge on any atom is -0.484 e. The third kappa shape index (κ3) is 5.31. The number of carbonyl (C=O) groups is 1. The van der Waals surface area contributed by atoms with Crippen LogP contribution in [-0.2, 0) is 4.79 Å². The molecule has 17 heavy (non-hydrogen) atoms. The molecule has 5 heteroatoms. The molecule has 1 rings (SSSR count). The number of carbonyl (C=O) groups excluding carboxylic acids is 1. The molecule has 5 nitrogen and oxygen atoms in total. The first-order valence-corrected chi connectivity index (χ1v) is 5.51. The summed E-state index contributed by atoms with van der Waals surface area (Å²) in [6.45, 7) is 4.25. The fraction of sp³-hybridized carbons (Fsp3) is 0.500. The number of hydrogen-bond acceptors (Lipinski definition) is 5. The van der Waals surface area contributed by atoms with E-state index < -0.39 is 0 Å². The molecule has 0 aliphatic carbocycles. The Kier molecular flexibility index (Phi) is 5.42. The second-order valence-corrected chi connectivity index (χ2v) is 3.81. The summed E-state index contributed by atoms with van der Waals surface area (Å²) in [4.78, 5) is 14.8. The molecule has 0 amide bonds. The average molecular weight is 238 g/mol. The van der Waals surface area contributed by atoms with Crippen LogP contribution in [0.3, 0.4) is 0 Å². The van der Waals surface area contributed by atoms with Crippen molar-refractivity contribution in [1.29, 1.82) is 0 Å². The zero-order valence-electron chi connectivity index (χ0n) is 10.4. The maximum Gasteiger partial charge on any atom is 0.213 e. The number of pyridine rings is 1. The molecule has 0 saturated heterocycles. The summed E-state index contributed by atoms with van der Waals surface area (Å²) in [5.41, 5.74) is 0. The van der Waals surface area contributed by atoms with Gasteiger partial charge in [-0.2, -0.15) is 0 Å². The van der Waals surface area contributed by atoms with Crippen LogP contribution in [0.25, 0.3) is 0 Å². The normalized spacial score (nSPS) is 11.9. The highest BCUT2D eigenvalue weighted by Crippen LogP contribution is 2.14. The number of nitrogens with zero attached hydrogens (tertiary/aromatic N) is 1. The number of aromatic nitrogens is 1. The van der Waals surface area contributed by atoms with E-state index in [2.05, 4.69) is 10.3 Å². The summed E-state index contributed by atoms with van der Waals surface area (Å²) in [6.07, 6.45) is 1.60. The van der Waals surface area contributed by atoms with Gasteiger partial charge in [-0.05, 0) is 27.0 Å². The van der Waals surface area contributed by atoms with Gasteiger partial charge in [-0.25, -0.2) is 4.98 Å². The lowest BCUT2D eigenvalue weighted by Gasteiger charge is -2.13. The molecule has 1 N–H and O–H groups in total. The van der Waals surface area contributed by atoms with E-state index in [-0.39, 0.29) is 18.5 Å². The summed E-state index contributed by atoms with van der Waals surface area (Å²) in [5, 5.41) is 3.02. The highest BCUT2D eigenvalue weighted by molar-refractivity contribution is 5.77. The van der Waals surface area contributed by atoms with Crippen LogP contribution >= 0.6 is 0 Å². The van der Waals surface area contributed by atoms with Gasteiger partial charge in [-0.1, -0.05) is 0 Å². The van der Waals surface area contributed by atoms with Gasteiger partial charge in [0.2, 0.25) is 5.88 Å². The first-order valence-electron chi connectivity index (χ1n) is 5.51. The summed E-state index contributed by atoms with van der Waals surface area (Å²) in [6, 6.07) is 3.46. The number of likely N-dealkylation sites (N-methyl/N-ethyl adjacent to an activating group) is 1. The Labute approximate surface area is 101 Å². The molecule has 1 aromatic rings. The summed E-state index contributed by atoms with van der Waals surface area (Å²) in [7, 11) is 1.87. The van der Waals surface area contributed by atoms with Crippen LogP contribution in [-0.4, -0.2) is 37.1 Å². The number of ketones is 1. The van der Waals surface area contributed by atoms with Gasteiger partial charge in [0.1, 0.15) is 18.5 Å². The lowest BCUT2D eigenvalue weighted by atomic mass is 10.4. The highest BCUT2D eigenvalue weighted by Gasteiger charge is 2.04. The Balaban J connectivity index is 2.47. The fourth-order valence-electron chi connectivity index (χ4n) is 1.24. The van der Waals surface area contributed by atoms with Crippen molar-refractivity contribution < 1.29 is 14.3 Å². The number of Topliss-reactive ketones (excluding diaryl/α,β-unsaturated/α-hetero) is 1. The van der Waals surface area contributed by atoms with Gasteiger partial charge < -0.3 is 14.8 Å². The Morgan fingerprint density at radius 1 is 1.53 bits per heavy atom. The Morgan fingerprint density at radius 3 is 2.82 bits per heavy atom. The van der Waals surface area contributed by atoms with Crippen molar-refractivity contribution >= 4 is 5.78 Å². The van der Waals surface area contributed by atoms with E-state index in [1.165, 1.54) is 6.92 Å². The molecule has 0 aromatic carbocycles. The first-order chi connectivity index (χ1) is 8.11. The van der Waals surface area contributed by atoms with Crippen LogP contribution in [0.2, 0.25) is 0 Å². The van der Waals surface area contributed by atoms with Gasteiger partial charge in [0, 0.05) is 12.6 Å². The lowest BCUT2D eigenvalue weighted by molar-refractivity contribution is -0.118. The molecule has 1 aromatic heterocycles. The van der Waals surface area contributed by atoms with Crippen LogP contribution in [0, 0.1) is 0 Å². The predicted molar refractivity (Wildman–Crippen MR) is 64.4 cm³/mol. The fourth-order valence-corrected chi connectivity index (χ4v) is 1.24. The maximum atomic E-state index is 10.7. The van der Waals surface area contributed by atoms with E-state index in [1.54, 1.807) is 18.3 Å². The molecule has 1 atom stereocenters. The second kappa shape index (κ2) is 6.85. The molecule has 1 heterocycles. The van der Waals surface area contributed by atoms with Gasteiger partial charge in [0.25, 0.3) is 0 Å². The predicted octanol–water partition coefficient (Wildman–Crippen LogP) is 1.04. The van der Waals surface area contributed by atoms with E-state index in [9.17, 15) is 4.79 Å². The van der Waals surface area contributed by atoms with Crippen molar-refractivity contribution in [2.45, 2.75) is 20.0 Å². The van der Waals surface area contributed by atoms with Crippen LogP contribution in [0.15, 0.2) is 18.3 Å². The van der Waals surface area contributed by atoms with E-state index in [1.807, 2.05) is 14.0 Å². The van der Waals surface area contributed by atoms with Crippen molar-refractivity contribution in [2.75, 3.05) is 20.2 Å². The molecule has 0 radical (unpaired) electrons. The standard InChI is InChI=1S/C12H18N2O3/c1-9(15)8-16-11-4-5-12(14-7-11)17-10(2)6-13-3/h4-5,7,10,13H,6,8H2,1-3H3. The van der Waals surface area contributed by atoms with E-state index in [0.29, 0.717) is 11.6 Å². The number of nitrogens with one attached hydrogen (secondary N) is 1. The van der Waals surface area contributed by atoms with Crippen molar-refractivity contribution in [2.24, 2.45) is 0 Å². The van der Waals surface area contributed by atoms with Crippen molar-refractivity contribution in [3.63, 3.8) is 0 Å². The molecule has 0 aliphatic rings. The third-order valence-electron chi connectivity index (χ3n) is 1.96. The van der Waals surface area contributed by atoms with E-state index in [4.69, 9.17) is 9.47 Å². The van der Waals surface area contributed by atoms with E-state index in [0.717, 1.165) is 6.54 Å². The molecular weight excluding hydrogens is 220 g/mol. The zero-order chi connectivity index (χ0) is 12.7. The Hall–Kier alpha value is -1.62. The third-order valence-corrected chi connectivity index (χ3v) is 1.96. The second-order valence-electron chi connectivity index (χ2n) is 3.81. The minimum atomic E-state index is -0.0204. The van der Waals surface area contributed by atoms with Crippen LogP contribution in [0.4, 0.5) is 0 Å². The van der Waals surface area contributed by atoms with Gasteiger partial charge in [0.15, 0.2) is 5.78 Å². The zero-order valence-corrected chi connectivity index (χ0v) is 10.4. The topological polar surface area (TPSA) is 60.5 Å². The van der Waals surface area contributed by atoms with Crippen molar-refractivity contribution in [3.05, 3.63) is 18.3 Å². The molecule has 1 unspecified atom stereocenters.